The maximum atomic E-state index is 11.2. The van der Waals surface area contributed by atoms with Gasteiger partial charge in [-0.3, -0.25) is 0 Å². The summed E-state index contributed by atoms with van der Waals surface area (Å²) in [5.41, 5.74) is 1.22. The van der Waals surface area contributed by atoms with Crippen LogP contribution in [0, 0.1) is 0 Å². The number of benzene rings is 1. The second kappa shape index (κ2) is 7.43. The van der Waals surface area contributed by atoms with E-state index in [-0.39, 0.29) is 5.56 Å². The van der Waals surface area contributed by atoms with E-state index in [0.29, 0.717) is 5.75 Å². The van der Waals surface area contributed by atoms with Crippen LogP contribution in [0.1, 0.15) is 28.8 Å². The number of rotatable bonds is 7. The van der Waals surface area contributed by atoms with Gasteiger partial charge >= 0.3 is 5.97 Å². The van der Waals surface area contributed by atoms with Gasteiger partial charge in [0, 0.05) is 19.6 Å². The Kier molecular flexibility index (Phi) is 5.59. The lowest BCUT2D eigenvalue weighted by Crippen LogP contribution is -2.31. The second-order valence-corrected chi connectivity index (χ2v) is 5.63. The molecule has 1 fully saturated rings. The molecule has 0 unspecified atom stereocenters. The molecule has 2 rings (SSSR count). The SMILES string of the molecule is COc1ccc(CN(C)CCN2CCCC2)cc1C(=O)O. The molecule has 0 saturated carbocycles. The molecule has 0 spiro atoms. The highest BCUT2D eigenvalue weighted by Crippen LogP contribution is 2.20. The van der Waals surface area contributed by atoms with Crippen LogP contribution < -0.4 is 4.74 Å². The molecule has 1 aromatic carbocycles. The number of hydrogen-bond acceptors (Lipinski definition) is 4. The summed E-state index contributed by atoms with van der Waals surface area (Å²) in [5, 5.41) is 9.20. The van der Waals surface area contributed by atoms with Crippen molar-refractivity contribution in [1.29, 1.82) is 0 Å². The number of hydrogen-bond donors (Lipinski definition) is 1. The van der Waals surface area contributed by atoms with Crippen LogP contribution in [0.25, 0.3) is 0 Å². The number of aromatic carboxylic acids is 1. The molecule has 1 aliphatic rings. The fourth-order valence-corrected chi connectivity index (χ4v) is 2.73. The zero-order valence-corrected chi connectivity index (χ0v) is 12.8. The van der Waals surface area contributed by atoms with Crippen molar-refractivity contribution in [3.63, 3.8) is 0 Å². The molecular weight excluding hydrogens is 268 g/mol. The van der Waals surface area contributed by atoms with Gasteiger partial charge in [0.2, 0.25) is 0 Å². The van der Waals surface area contributed by atoms with Crippen LogP contribution in [0.5, 0.6) is 5.75 Å². The van der Waals surface area contributed by atoms with E-state index in [1.165, 1.54) is 33.0 Å². The Bertz CT molecular complexity index is 484. The van der Waals surface area contributed by atoms with Crippen LogP contribution in [0.15, 0.2) is 18.2 Å². The third-order valence-electron chi connectivity index (χ3n) is 3.94. The maximum Gasteiger partial charge on any atom is 0.339 e. The molecule has 1 aliphatic heterocycles. The van der Waals surface area contributed by atoms with E-state index in [2.05, 4.69) is 16.8 Å². The quantitative estimate of drug-likeness (QED) is 0.832. The first-order valence-electron chi connectivity index (χ1n) is 7.41. The summed E-state index contributed by atoms with van der Waals surface area (Å²) in [5.74, 6) is -0.542. The van der Waals surface area contributed by atoms with Crippen LogP contribution in [0.4, 0.5) is 0 Å². The molecule has 21 heavy (non-hydrogen) atoms. The summed E-state index contributed by atoms with van der Waals surface area (Å²) in [7, 11) is 3.56. The highest BCUT2D eigenvalue weighted by atomic mass is 16.5. The molecule has 0 aromatic heterocycles. The smallest absolute Gasteiger partial charge is 0.339 e. The summed E-state index contributed by atoms with van der Waals surface area (Å²) >= 11 is 0. The molecule has 1 N–H and O–H groups in total. The molecule has 1 aromatic rings. The van der Waals surface area contributed by atoms with Gasteiger partial charge in [0.05, 0.1) is 7.11 Å². The minimum atomic E-state index is -0.951. The predicted octanol–water partition coefficient (Wildman–Crippen LogP) is 1.92. The van der Waals surface area contributed by atoms with Gasteiger partial charge in [-0.25, -0.2) is 4.79 Å². The third kappa shape index (κ3) is 4.44. The molecule has 5 heteroatoms. The molecule has 0 atom stereocenters. The van der Waals surface area contributed by atoms with Crippen LogP contribution >= 0.6 is 0 Å². The summed E-state index contributed by atoms with van der Waals surface area (Å²) in [4.78, 5) is 15.9. The van der Waals surface area contributed by atoms with Gasteiger partial charge < -0.3 is 19.6 Å². The van der Waals surface area contributed by atoms with Crippen molar-refractivity contribution in [2.24, 2.45) is 0 Å². The normalized spacial score (nSPS) is 15.6. The average Bonchev–Trinajstić information content (AvgIpc) is 2.98. The first kappa shape index (κ1) is 15.8. The zero-order valence-electron chi connectivity index (χ0n) is 12.8. The van der Waals surface area contributed by atoms with Crippen molar-refractivity contribution in [3.8, 4) is 5.75 Å². The van der Waals surface area contributed by atoms with Crippen molar-refractivity contribution < 1.29 is 14.6 Å². The molecule has 0 bridgehead atoms. The van der Waals surface area contributed by atoms with Crippen LogP contribution in [-0.2, 0) is 6.54 Å². The average molecular weight is 292 g/mol. The first-order chi connectivity index (χ1) is 10.1. The van der Waals surface area contributed by atoms with Gasteiger partial charge in [0.1, 0.15) is 11.3 Å². The Balaban J connectivity index is 1.92. The fourth-order valence-electron chi connectivity index (χ4n) is 2.73. The third-order valence-corrected chi connectivity index (χ3v) is 3.94. The molecular formula is C16H24N2O3. The molecule has 0 radical (unpaired) electrons. The lowest BCUT2D eigenvalue weighted by Gasteiger charge is -2.21. The van der Waals surface area contributed by atoms with E-state index < -0.39 is 5.97 Å². The second-order valence-electron chi connectivity index (χ2n) is 5.63. The van der Waals surface area contributed by atoms with Gasteiger partial charge in [-0.05, 0) is 50.7 Å². The Morgan fingerprint density at radius 3 is 2.71 bits per heavy atom. The summed E-state index contributed by atoms with van der Waals surface area (Å²) < 4.78 is 5.08. The van der Waals surface area contributed by atoms with Gasteiger partial charge in [-0.2, -0.15) is 0 Å². The number of ether oxygens (including phenoxy) is 1. The molecule has 1 heterocycles. The molecule has 1 saturated heterocycles. The van der Waals surface area contributed by atoms with Crippen LogP contribution in [-0.4, -0.2) is 61.2 Å². The monoisotopic (exact) mass is 292 g/mol. The van der Waals surface area contributed by atoms with Crippen LogP contribution in [0.3, 0.4) is 0 Å². The van der Waals surface area contributed by atoms with E-state index in [1.54, 1.807) is 12.1 Å². The highest BCUT2D eigenvalue weighted by molar-refractivity contribution is 5.91. The van der Waals surface area contributed by atoms with Gasteiger partial charge in [-0.15, -0.1) is 0 Å². The maximum absolute atomic E-state index is 11.2. The van der Waals surface area contributed by atoms with Gasteiger partial charge in [0.15, 0.2) is 0 Å². The summed E-state index contributed by atoms with van der Waals surface area (Å²) in [6.45, 7) is 5.24. The van der Waals surface area contributed by atoms with Crippen molar-refractivity contribution in [1.82, 2.24) is 9.80 Å². The number of nitrogens with zero attached hydrogens (tertiary/aromatic N) is 2. The summed E-state index contributed by atoms with van der Waals surface area (Å²) in [6, 6.07) is 5.36. The van der Waals surface area contributed by atoms with Crippen LogP contribution in [0.2, 0.25) is 0 Å². The minimum Gasteiger partial charge on any atom is -0.496 e. The van der Waals surface area contributed by atoms with Gasteiger partial charge in [0.25, 0.3) is 0 Å². The fraction of sp³-hybridized carbons (Fsp3) is 0.562. The Morgan fingerprint density at radius 1 is 1.38 bits per heavy atom. The number of likely N-dealkylation sites (N-methyl/N-ethyl adjacent to an activating group) is 1. The lowest BCUT2D eigenvalue weighted by atomic mass is 10.1. The van der Waals surface area contributed by atoms with Crippen molar-refractivity contribution in [2.45, 2.75) is 19.4 Å². The molecule has 0 amide bonds. The van der Waals surface area contributed by atoms with E-state index in [1.807, 2.05) is 6.07 Å². The topological polar surface area (TPSA) is 53.0 Å². The number of carbonyl (C=O) groups is 1. The van der Waals surface area contributed by atoms with E-state index in [4.69, 9.17) is 4.74 Å². The van der Waals surface area contributed by atoms with E-state index in [9.17, 15) is 9.90 Å². The molecule has 116 valence electrons. The molecule has 5 nitrogen and oxygen atoms in total. The van der Waals surface area contributed by atoms with Crippen molar-refractivity contribution in [3.05, 3.63) is 29.3 Å². The Labute approximate surface area is 126 Å². The summed E-state index contributed by atoms with van der Waals surface area (Å²) in [6.07, 6.45) is 2.62. The number of carboxylic acid groups (broad SMARTS) is 1. The first-order valence-corrected chi connectivity index (χ1v) is 7.41. The number of likely N-dealkylation sites (tertiary alicyclic amines) is 1. The van der Waals surface area contributed by atoms with Crippen molar-refractivity contribution >= 4 is 5.97 Å². The Morgan fingerprint density at radius 2 is 2.10 bits per heavy atom. The molecule has 0 aliphatic carbocycles. The number of methoxy groups -OCH3 is 1. The predicted molar refractivity (Wildman–Crippen MR) is 82.0 cm³/mol. The van der Waals surface area contributed by atoms with Crippen molar-refractivity contribution in [2.75, 3.05) is 40.3 Å². The van der Waals surface area contributed by atoms with E-state index in [0.717, 1.165) is 25.2 Å². The van der Waals surface area contributed by atoms with E-state index >= 15 is 0 Å². The minimum absolute atomic E-state index is 0.225. The van der Waals surface area contributed by atoms with Gasteiger partial charge in [-0.1, -0.05) is 6.07 Å². The standard InChI is InChI=1S/C16H24N2O3/c1-17(9-10-18-7-3-4-8-18)12-13-5-6-15(21-2)14(11-13)16(19)20/h5-6,11H,3-4,7-10,12H2,1-2H3,(H,19,20). The largest absolute Gasteiger partial charge is 0.496 e. The lowest BCUT2D eigenvalue weighted by molar-refractivity contribution is 0.0693. The highest BCUT2D eigenvalue weighted by Gasteiger charge is 2.14. The Hall–Kier alpha value is -1.59. The zero-order chi connectivity index (χ0) is 15.2. The number of carboxylic acids is 1.